The monoisotopic (exact) mass is 393 g/mol. The lowest BCUT2D eigenvalue weighted by Gasteiger charge is -2.18. The van der Waals surface area contributed by atoms with E-state index in [0.717, 1.165) is 30.7 Å². The Labute approximate surface area is 162 Å². The predicted molar refractivity (Wildman–Crippen MR) is 107 cm³/mol. The van der Waals surface area contributed by atoms with Crippen molar-refractivity contribution in [3.8, 4) is 17.0 Å². The van der Waals surface area contributed by atoms with Crippen molar-refractivity contribution in [1.82, 2.24) is 19.9 Å². The van der Waals surface area contributed by atoms with Crippen LogP contribution < -0.4 is 10.5 Å². The van der Waals surface area contributed by atoms with Gasteiger partial charge in [-0.05, 0) is 31.3 Å². The second kappa shape index (κ2) is 8.12. The van der Waals surface area contributed by atoms with Crippen LogP contribution in [0.5, 0.6) is 5.75 Å². The first-order chi connectivity index (χ1) is 12.5. The van der Waals surface area contributed by atoms with Crippen molar-refractivity contribution in [3.05, 3.63) is 34.4 Å². The molecule has 3 aromatic rings. The Morgan fingerprint density at radius 2 is 1.92 bits per heavy atom. The number of aromatic nitrogens is 3. The van der Waals surface area contributed by atoms with Crippen molar-refractivity contribution in [1.29, 1.82) is 0 Å². The van der Waals surface area contributed by atoms with Crippen molar-refractivity contribution >= 4 is 40.2 Å². The molecule has 0 saturated heterocycles. The normalized spacial score (nSPS) is 11.4. The molecular weight excluding hydrogens is 373 g/mol. The molecule has 0 atom stereocenters. The fraction of sp³-hybridized carbons (Fsp3) is 0.333. The molecule has 0 aliphatic rings. The number of ether oxygens (including phenoxy) is 1. The van der Waals surface area contributed by atoms with Crippen LogP contribution in [0.25, 0.3) is 22.3 Å². The average Bonchev–Trinajstić information content (AvgIpc) is 3.08. The number of aromatic amines is 1. The second-order valence-electron chi connectivity index (χ2n) is 5.81. The van der Waals surface area contributed by atoms with Gasteiger partial charge in [-0.25, -0.2) is 9.97 Å². The summed E-state index contributed by atoms with van der Waals surface area (Å²) in [4.78, 5) is 14.0. The molecule has 26 heavy (non-hydrogen) atoms. The molecule has 1 aromatic carbocycles. The molecule has 0 aliphatic heterocycles. The molecule has 6 nitrogen and oxygen atoms in total. The van der Waals surface area contributed by atoms with Crippen LogP contribution in [0.15, 0.2) is 24.4 Å². The quantitative estimate of drug-likeness (QED) is 0.627. The van der Waals surface area contributed by atoms with E-state index in [1.807, 2.05) is 6.07 Å². The maximum Gasteiger partial charge on any atom is 0.221 e. The largest absolute Gasteiger partial charge is 0.491 e. The lowest BCUT2D eigenvalue weighted by atomic mass is 10.1. The van der Waals surface area contributed by atoms with Crippen LogP contribution in [-0.4, -0.2) is 46.1 Å². The van der Waals surface area contributed by atoms with E-state index >= 15 is 0 Å². The molecule has 8 heteroatoms. The van der Waals surface area contributed by atoms with E-state index in [1.165, 1.54) is 0 Å². The van der Waals surface area contributed by atoms with E-state index in [2.05, 4.69) is 33.7 Å². The van der Waals surface area contributed by atoms with E-state index < -0.39 is 0 Å². The molecule has 0 amide bonds. The van der Waals surface area contributed by atoms with Gasteiger partial charge < -0.3 is 20.4 Å². The van der Waals surface area contributed by atoms with E-state index in [1.54, 1.807) is 18.3 Å². The van der Waals surface area contributed by atoms with Crippen molar-refractivity contribution in [2.24, 2.45) is 0 Å². The topological polar surface area (TPSA) is 80.1 Å². The van der Waals surface area contributed by atoms with Gasteiger partial charge in [-0.1, -0.05) is 37.0 Å². The smallest absolute Gasteiger partial charge is 0.221 e. The summed E-state index contributed by atoms with van der Waals surface area (Å²) in [5, 5.41) is 0.933. The number of hydrogen-bond donors (Lipinski definition) is 2. The zero-order valence-electron chi connectivity index (χ0n) is 14.7. The van der Waals surface area contributed by atoms with Gasteiger partial charge in [-0.15, -0.1) is 0 Å². The van der Waals surface area contributed by atoms with Gasteiger partial charge in [0.2, 0.25) is 5.95 Å². The Bertz CT molecular complexity index is 908. The average molecular weight is 394 g/mol. The van der Waals surface area contributed by atoms with Crippen LogP contribution in [0.3, 0.4) is 0 Å². The van der Waals surface area contributed by atoms with E-state index in [9.17, 15) is 0 Å². The highest BCUT2D eigenvalue weighted by Crippen LogP contribution is 2.38. The summed E-state index contributed by atoms with van der Waals surface area (Å²) < 4.78 is 5.89. The number of rotatable bonds is 7. The Morgan fingerprint density at radius 1 is 1.15 bits per heavy atom. The third-order valence-corrected chi connectivity index (χ3v) is 4.87. The fourth-order valence-corrected chi connectivity index (χ4v) is 3.33. The highest BCUT2D eigenvalue weighted by atomic mass is 35.5. The van der Waals surface area contributed by atoms with Gasteiger partial charge in [0.15, 0.2) is 0 Å². The maximum absolute atomic E-state index is 6.42. The molecule has 0 radical (unpaired) electrons. The zero-order valence-corrected chi connectivity index (χ0v) is 16.2. The number of likely N-dealkylation sites (N-methyl/N-ethyl adjacent to an activating group) is 1. The Kier molecular flexibility index (Phi) is 5.86. The predicted octanol–water partition coefficient (Wildman–Crippen LogP) is 4.23. The van der Waals surface area contributed by atoms with E-state index in [4.69, 9.17) is 33.7 Å². The van der Waals surface area contributed by atoms with Crippen molar-refractivity contribution in [2.75, 3.05) is 32.0 Å². The van der Waals surface area contributed by atoms with Crippen molar-refractivity contribution in [2.45, 2.75) is 13.8 Å². The van der Waals surface area contributed by atoms with Gasteiger partial charge in [-0.3, -0.25) is 0 Å². The summed E-state index contributed by atoms with van der Waals surface area (Å²) in [6.07, 6.45) is 1.79. The van der Waals surface area contributed by atoms with Crippen LogP contribution in [0.1, 0.15) is 13.8 Å². The lowest BCUT2D eigenvalue weighted by Crippen LogP contribution is -2.27. The third-order valence-electron chi connectivity index (χ3n) is 4.26. The Balaban J connectivity index is 1.94. The van der Waals surface area contributed by atoms with Crippen LogP contribution in [0.4, 0.5) is 5.95 Å². The first-order valence-corrected chi connectivity index (χ1v) is 9.24. The van der Waals surface area contributed by atoms with Crippen LogP contribution in [-0.2, 0) is 0 Å². The number of nitrogens with one attached hydrogen (secondary N) is 1. The van der Waals surface area contributed by atoms with Crippen molar-refractivity contribution < 1.29 is 4.74 Å². The fourth-order valence-electron chi connectivity index (χ4n) is 2.80. The summed E-state index contributed by atoms with van der Waals surface area (Å²) in [5.74, 6) is 0.747. The molecule has 0 unspecified atom stereocenters. The molecule has 0 spiro atoms. The maximum atomic E-state index is 6.42. The number of nitrogens with two attached hydrogens (primary N) is 1. The number of hydrogen-bond acceptors (Lipinski definition) is 5. The van der Waals surface area contributed by atoms with Gasteiger partial charge in [0.1, 0.15) is 18.1 Å². The van der Waals surface area contributed by atoms with Crippen LogP contribution >= 0.6 is 23.2 Å². The zero-order chi connectivity index (χ0) is 18.7. The number of anilines is 1. The molecule has 0 fully saturated rings. The second-order valence-corrected chi connectivity index (χ2v) is 6.62. The highest BCUT2D eigenvalue weighted by molar-refractivity contribution is 6.37. The first kappa shape index (κ1) is 18.8. The summed E-state index contributed by atoms with van der Waals surface area (Å²) in [6, 6.07) is 5.30. The number of halogens is 2. The minimum Gasteiger partial charge on any atom is -0.491 e. The van der Waals surface area contributed by atoms with Gasteiger partial charge in [0.05, 0.1) is 21.1 Å². The molecule has 138 valence electrons. The third kappa shape index (κ3) is 3.87. The molecule has 2 aromatic heterocycles. The highest BCUT2D eigenvalue weighted by Gasteiger charge is 2.16. The number of nitrogens with zero attached hydrogens (tertiary/aromatic N) is 3. The summed E-state index contributed by atoms with van der Waals surface area (Å²) >= 11 is 12.7. The van der Waals surface area contributed by atoms with Crippen LogP contribution in [0, 0.1) is 0 Å². The molecule has 3 N–H and O–H groups in total. The van der Waals surface area contributed by atoms with Gasteiger partial charge in [0, 0.05) is 18.3 Å². The number of H-pyrrole nitrogens is 1. The molecular formula is C18H21Cl2N5O. The van der Waals surface area contributed by atoms with Gasteiger partial charge >= 0.3 is 0 Å². The molecule has 2 heterocycles. The SMILES string of the molecule is CCN(CC)CCOc1cc(-c2nc(N)nc3cc[nH]c23)c(Cl)cc1Cl. The molecule has 3 rings (SSSR count). The summed E-state index contributed by atoms with van der Waals surface area (Å²) in [5.41, 5.74) is 8.64. The number of benzene rings is 1. The minimum atomic E-state index is 0.183. The molecule has 0 bridgehead atoms. The Hall–Kier alpha value is -2.02. The number of nitrogen functional groups attached to an aromatic ring is 1. The molecule has 0 saturated carbocycles. The standard InChI is InChI=1S/C18H21Cl2N5O/c1-3-25(4-2)7-8-26-15-9-11(12(19)10-13(15)20)16-17-14(5-6-22-17)23-18(21)24-16/h5-6,9-10,22H,3-4,7-8H2,1-2H3,(H2,21,23,24). The number of fused-ring (bicyclic) bond motifs is 1. The lowest BCUT2D eigenvalue weighted by molar-refractivity contribution is 0.223. The Morgan fingerprint density at radius 3 is 2.65 bits per heavy atom. The molecule has 0 aliphatic carbocycles. The van der Waals surface area contributed by atoms with Gasteiger partial charge in [-0.2, -0.15) is 0 Å². The summed E-state index contributed by atoms with van der Waals surface area (Å²) in [7, 11) is 0. The van der Waals surface area contributed by atoms with Crippen molar-refractivity contribution in [3.63, 3.8) is 0 Å². The summed E-state index contributed by atoms with van der Waals surface area (Å²) in [6.45, 7) is 7.56. The first-order valence-electron chi connectivity index (χ1n) is 8.48. The van der Waals surface area contributed by atoms with E-state index in [-0.39, 0.29) is 5.95 Å². The van der Waals surface area contributed by atoms with Crippen LogP contribution in [0.2, 0.25) is 10.0 Å². The van der Waals surface area contributed by atoms with E-state index in [0.29, 0.717) is 33.7 Å². The minimum absolute atomic E-state index is 0.183. The van der Waals surface area contributed by atoms with Gasteiger partial charge in [0.25, 0.3) is 0 Å².